The summed E-state index contributed by atoms with van der Waals surface area (Å²) in [6.45, 7) is 6.25. The van der Waals surface area contributed by atoms with Gasteiger partial charge in [-0.1, -0.05) is 0 Å². The lowest BCUT2D eigenvalue weighted by Crippen LogP contribution is -2.44. The van der Waals surface area contributed by atoms with E-state index in [0.717, 1.165) is 5.75 Å². The molecule has 0 spiro atoms. The van der Waals surface area contributed by atoms with Gasteiger partial charge in [-0.05, 0) is 38.1 Å². The van der Waals surface area contributed by atoms with E-state index in [9.17, 15) is 9.59 Å². The van der Waals surface area contributed by atoms with Crippen molar-refractivity contribution in [2.45, 2.75) is 32.8 Å². The second-order valence-corrected chi connectivity index (χ2v) is 5.40. The highest BCUT2D eigenvalue weighted by atomic mass is 16.5. The van der Waals surface area contributed by atoms with Crippen molar-refractivity contribution in [1.29, 1.82) is 0 Å². The molecule has 1 aliphatic rings. The van der Waals surface area contributed by atoms with E-state index in [0.29, 0.717) is 31.9 Å². The van der Waals surface area contributed by atoms with E-state index in [1.54, 1.807) is 29.2 Å². The Morgan fingerprint density at radius 1 is 1.27 bits per heavy atom. The van der Waals surface area contributed by atoms with Crippen LogP contribution in [0.1, 0.15) is 37.0 Å². The first kappa shape index (κ1) is 16.5. The zero-order chi connectivity index (χ0) is 15.9. The lowest BCUT2D eigenvalue weighted by Gasteiger charge is -2.31. The summed E-state index contributed by atoms with van der Waals surface area (Å²) in [5.41, 5.74) is 0.617. The van der Waals surface area contributed by atoms with Gasteiger partial charge in [0.2, 0.25) is 5.91 Å². The third kappa shape index (κ3) is 4.56. The Labute approximate surface area is 131 Å². The molecule has 0 aliphatic carbocycles. The van der Waals surface area contributed by atoms with Gasteiger partial charge in [-0.2, -0.15) is 0 Å². The topological polar surface area (TPSA) is 55.8 Å². The molecule has 1 heterocycles. The SMILES string of the molecule is CCOc1ccc(C(=O)CCC(=O)N2CCOC(C)C2)cc1. The van der Waals surface area contributed by atoms with Gasteiger partial charge in [0.1, 0.15) is 5.75 Å². The molecular weight excluding hydrogens is 282 g/mol. The number of nitrogens with zero attached hydrogens (tertiary/aromatic N) is 1. The van der Waals surface area contributed by atoms with Crippen molar-refractivity contribution in [3.63, 3.8) is 0 Å². The highest BCUT2D eigenvalue weighted by Crippen LogP contribution is 2.15. The highest BCUT2D eigenvalue weighted by molar-refractivity contribution is 5.98. The van der Waals surface area contributed by atoms with Gasteiger partial charge in [0.05, 0.1) is 19.3 Å². The Balaban J connectivity index is 1.82. The number of carbonyl (C=O) groups is 2. The molecule has 1 unspecified atom stereocenters. The first-order valence-electron chi connectivity index (χ1n) is 7.75. The summed E-state index contributed by atoms with van der Waals surface area (Å²) >= 11 is 0. The Morgan fingerprint density at radius 3 is 2.64 bits per heavy atom. The van der Waals surface area contributed by atoms with Crippen LogP contribution in [0.15, 0.2) is 24.3 Å². The summed E-state index contributed by atoms with van der Waals surface area (Å²) in [4.78, 5) is 26.0. The molecule has 0 saturated carbocycles. The average molecular weight is 305 g/mol. The minimum absolute atomic E-state index is 0.0160. The maximum atomic E-state index is 12.1. The van der Waals surface area contributed by atoms with E-state index >= 15 is 0 Å². The molecule has 1 aromatic carbocycles. The monoisotopic (exact) mass is 305 g/mol. The van der Waals surface area contributed by atoms with Crippen LogP contribution in [0, 0.1) is 0 Å². The van der Waals surface area contributed by atoms with E-state index in [2.05, 4.69) is 0 Å². The van der Waals surface area contributed by atoms with Crippen LogP contribution in [0.3, 0.4) is 0 Å². The molecule has 5 nitrogen and oxygen atoms in total. The highest BCUT2D eigenvalue weighted by Gasteiger charge is 2.21. The van der Waals surface area contributed by atoms with Crippen LogP contribution in [0.25, 0.3) is 0 Å². The summed E-state index contributed by atoms with van der Waals surface area (Å²) in [5.74, 6) is 0.754. The van der Waals surface area contributed by atoms with Gasteiger partial charge in [-0.3, -0.25) is 9.59 Å². The second kappa shape index (κ2) is 7.94. The number of benzene rings is 1. The Kier molecular flexibility index (Phi) is 5.95. The first-order valence-corrected chi connectivity index (χ1v) is 7.75. The number of Topliss-reactive ketones (excluding diaryl/α,β-unsaturated/α-hetero) is 1. The number of amides is 1. The molecule has 1 saturated heterocycles. The molecule has 0 N–H and O–H groups in total. The normalized spacial score (nSPS) is 18.1. The van der Waals surface area contributed by atoms with Crippen LogP contribution in [0.4, 0.5) is 0 Å². The van der Waals surface area contributed by atoms with Crippen LogP contribution >= 0.6 is 0 Å². The quantitative estimate of drug-likeness (QED) is 0.757. The minimum Gasteiger partial charge on any atom is -0.494 e. The molecule has 2 rings (SSSR count). The third-order valence-corrected chi connectivity index (χ3v) is 3.65. The predicted molar refractivity (Wildman–Crippen MR) is 83.2 cm³/mol. The third-order valence-electron chi connectivity index (χ3n) is 3.65. The molecule has 0 radical (unpaired) electrons. The molecule has 1 aliphatic heterocycles. The molecule has 0 aromatic heterocycles. The van der Waals surface area contributed by atoms with Gasteiger partial charge in [0.25, 0.3) is 0 Å². The molecular formula is C17H23NO4. The fourth-order valence-electron chi connectivity index (χ4n) is 2.47. The molecule has 0 bridgehead atoms. The fraction of sp³-hybridized carbons (Fsp3) is 0.529. The maximum absolute atomic E-state index is 12.1. The van der Waals surface area contributed by atoms with Gasteiger partial charge < -0.3 is 14.4 Å². The molecule has 1 atom stereocenters. The zero-order valence-electron chi connectivity index (χ0n) is 13.2. The van der Waals surface area contributed by atoms with Gasteiger partial charge in [-0.15, -0.1) is 0 Å². The van der Waals surface area contributed by atoms with Gasteiger partial charge >= 0.3 is 0 Å². The van der Waals surface area contributed by atoms with Crippen molar-refractivity contribution in [1.82, 2.24) is 4.90 Å². The summed E-state index contributed by atoms with van der Waals surface area (Å²) in [7, 11) is 0. The zero-order valence-corrected chi connectivity index (χ0v) is 13.2. The van der Waals surface area contributed by atoms with Gasteiger partial charge in [0, 0.05) is 31.5 Å². The smallest absolute Gasteiger partial charge is 0.223 e. The minimum atomic E-state index is -0.0160. The number of hydrogen-bond acceptors (Lipinski definition) is 4. The van der Waals surface area contributed by atoms with Crippen LogP contribution < -0.4 is 4.74 Å². The number of morpholine rings is 1. The van der Waals surface area contributed by atoms with Gasteiger partial charge in [0.15, 0.2) is 5.78 Å². The number of rotatable bonds is 6. The Hall–Kier alpha value is -1.88. The van der Waals surface area contributed by atoms with E-state index < -0.39 is 0 Å². The largest absolute Gasteiger partial charge is 0.494 e. The summed E-state index contributed by atoms with van der Waals surface area (Å²) in [6.07, 6.45) is 0.552. The molecule has 22 heavy (non-hydrogen) atoms. The average Bonchev–Trinajstić information content (AvgIpc) is 2.53. The number of hydrogen-bond donors (Lipinski definition) is 0. The lowest BCUT2D eigenvalue weighted by molar-refractivity contribution is -0.138. The van der Waals surface area contributed by atoms with Crippen molar-refractivity contribution in [3.05, 3.63) is 29.8 Å². The second-order valence-electron chi connectivity index (χ2n) is 5.40. The van der Waals surface area contributed by atoms with Crippen molar-refractivity contribution < 1.29 is 19.1 Å². The lowest BCUT2D eigenvalue weighted by atomic mass is 10.1. The molecule has 1 aromatic rings. The van der Waals surface area contributed by atoms with E-state index in [1.165, 1.54) is 0 Å². The Bertz CT molecular complexity index is 512. The van der Waals surface area contributed by atoms with E-state index in [-0.39, 0.29) is 30.6 Å². The standard InChI is InChI=1S/C17H23NO4/c1-3-21-15-6-4-14(5-7-15)16(19)8-9-17(20)18-10-11-22-13(2)12-18/h4-7,13H,3,8-12H2,1-2H3. The van der Waals surface area contributed by atoms with Crippen LogP contribution in [0.2, 0.25) is 0 Å². The fourth-order valence-corrected chi connectivity index (χ4v) is 2.47. The molecule has 120 valence electrons. The van der Waals surface area contributed by atoms with Gasteiger partial charge in [-0.25, -0.2) is 0 Å². The van der Waals surface area contributed by atoms with Crippen molar-refractivity contribution >= 4 is 11.7 Å². The van der Waals surface area contributed by atoms with Crippen LogP contribution in [0.5, 0.6) is 5.75 Å². The predicted octanol–water partition coefficient (Wildman–Crippen LogP) is 2.30. The Morgan fingerprint density at radius 2 is 2.00 bits per heavy atom. The summed E-state index contributed by atoms with van der Waals surface area (Å²) in [6, 6.07) is 7.05. The van der Waals surface area contributed by atoms with Crippen molar-refractivity contribution in [2.75, 3.05) is 26.3 Å². The summed E-state index contributed by atoms with van der Waals surface area (Å²) in [5, 5.41) is 0. The van der Waals surface area contributed by atoms with Crippen LogP contribution in [-0.2, 0) is 9.53 Å². The number of ether oxygens (including phenoxy) is 2. The van der Waals surface area contributed by atoms with Crippen molar-refractivity contribution in [3.8, 4) is 5.75 Å². The maximum Gasteiger partial charge on any atom is 0.223 e. The summed E-state index contributed by atoms with van der Waals surface area (Å²) < 4.78 is 10.8. The molecule has 1 fully saturated rings. The molecule has 1 amide bonds. The first-order chi connectivity index (χ1) is 10.6. The van der Waals surface area contributed by atoms with E-state index in [1.807, 2.05) is 13.8 Å². The van der Waals surface area contributed by atoms with Crippen LogP contribution in [-0.4, -0.2) is 49.0 Å². The number of ketones is 1. The number of carbonyl (C=O) groups excluding carboxylic acids is 2. The van der Waals surface area contributed by atoms with E-state index in [4.69, 9.17) is 9.47 Å². The van der Waals surface area contributed by atoms with Crippen molar-refractivity contribution in [2.24, 2.45) is 0 Å². The molecule has 5 heteroatoms.